The highest BCUT2D eigenvalue weighted by Gasteiger charge is 2.23. The zero-order chi connectivity index (χ0) is 11.8. The molecule has 0 aliphatic heterocycles. The second-order valence-corrected chi connectivity index (χ2v) is 4.51. The van der Waals surface area contributed by atoms with Crippen LogP contribution in [0.25, 0.3) is 5.69 Å². The molecule has 0 bridgehead atoms. The molecule has 0 spiro atoms. The molecule has 3 rings (SSSR count). The Morgan fingerprint density at radius 1 is 1.24 bits per heavy atom. The lowest BCUT2D eigenvalue weighted by Gasteiger charge is -2.22. The van der Waals surface area contributed by atoms with Crippen molar-refractivity contribution >= 4 is 5.82 Å². The van der Waals surface area contributed by atoms with Crippen LogP contribution in [0.1, 0.15) is 30.9 Å². The van der Waals surface area contributed by atoms with Crippen molar-refractivity contribution in [2.24, 2.45) is 0 Å². The van der Waals surface area contributed by atoms with E-state index in [-0.39, 0.29) is 5.82 Å². The van der Waals surface area contributed by atoms with Crippen molar-refractivity contribution < 1.29 is 4.39 Å². The molecule has 1 aliphatic rings. The zero-order valence-corrected chi connectivity index (χ0v) is 9.44. The van der Waals surface area contributed by atoms with Gasteiger partial charge >= 0.3 is 0 Å². The van der Waals surface area contributed by atoms with E-state index in [1.54, 1.807) is 16.8 Å². The fourth-order valence-corrected chi connectivity index (χ4v) is 2.11. The predicted molar refractivity (Wildman–Crippen MR) is 64.5 cm³/mol. The van der Waals surface area contributed by atoms with Crippen molar-refractivity contribution in [2.75, 3.05) is 5.73 Å². The lowest BCUT2D eigenvalue weighted by Crippen LogP contribution is -2.10. The molecule has 17 heavy (non-hydrogen) atoms. The molecule has 88 valence electrons. The Bertz CT molecular complexity index is 526. The lowest BCUT2D eigenvalue weighted by molar-refractivity contribution is 0.409. The summed E-state index contributed by atoms with van der Waals surface area (Å²) in [7, 11) is 0. The molecule has 2 aromatic rings. The molecule has 1 aromatic carbocycles. The van der Waals surface area contributed by atoms with Gasteiger partial charge in [-0.05, 0) is 37.1 Å². The molecule has 0 amide bonds. The molecular weight excluding hydrogens is 217 g/mol. The minimum absolute atomic E-state index is 0.251. The highest BCUT2D eigenvalue weighted by atomic mass is 19.1. The minimum Gasteiger partial charge on any atom is -0.384 e. The van der Waals surface area contributed by atoms with Crippen molar-refractivity contribution in [1.29, 1.82) is 0 Å². The van der Waals surface area contributed by atoms with E-state index in [0.29, 0.717) is 11.7 Å². The Morgan fingerprint density at radius 2 is 1.94 bits per heavy atom. The first-order valence-corrected chi connectivity index (χ1v) is 5.85. The first kappa shape index (κ1) is 10.3. The van der Waals surface area contributed by atoms with Crippen molar-refractivity contribution in [3.05, 3.63) is 41.8 Å². The average molecular weight is 231 g/mol. The first-order valence-electron chi connectivity index (χ1n) is 5.85. The average Bonchev–Trinajstić information content (AvgIpc) is 2.59. The van der Waals surface area contributed by atoms with E-state index in [2.05, 4.69) is 5.10 Å². The second kappa shape index (κ2) is 3.87. The van der Waals surface area contributed by atoms with E-state index < -0.39 is 0 Å². The van der Waals surface area contributed by atoms with Gasteiger partial charge in [0.1, 0.15) is 11.6 Å². The van der Waals surface area contributed by atoms with Gasteiger partial charge in [0.25, 0.3) is 0 Å². The van der Waals surface area contributed by atoms with E-state index in [9.17, 15) is 4.39 Å². The van der Waals surface area contributed by atoms with Crippen LogP contribution < -0.4 is 5.73 Å². The third kappa shape index (κ3) is 1.79. The van der Waals surface area contributed by atoms with Crippen LogP contribution in [0, 0.1) is 5.82 Å². The van der Waals surface area contributed by atoms with Crippen molar-refractivity contribution in [3.63, 3.8) is 0 Å². The number of hydrogen-bond donors (Lipinski definition) is 1. The molecule has 1 heterocycles. The number of benzene rings is 1. The third-order valence-electron chi connectivity index (χ3n) is 3.35. The molecule has 0 unspecified atom stereocenters. The largest absolute Gasteiger partial charge is 0.384 e. The lowest BCUT2D eigenvalue weighted by atomic mass is 9.83. The number of nitrogens with two attached hydrogens (primary N) is 1. The SMILES string of the molecule is Nc1cc(C2CCC2)nn1-c1ccc(F)cc1. The Balaban J connectivity index is 1.96. The van der Waals surface area contributed by atoms with Gasteiger partial charge in [-0.3, -0.25) is 0 Å². The highest BCUT2D eigenvalue weighted by Crippen LogP contribution is 2.36. The zero-order valence-electron chi connectivity index (χ0n) is 9.44. The molecular formula is C13H14FN3. The summed E-state index contributed by atoms with van der Waals surface area (Å²) in [6.45, 7) is 0. The maximum absolute atomic E-state index is 12.8. The third-order valence-corrected chi connectivity index (χ3v) is 3.35. The van der Waals surface area contributed by atoms with Gasteiger partial charge in [0.15, 0.2) is 0 Å². The number of halogens is 1. The van der Waals surface area contributed by atoms with Crippen molar-refractivity contribution in [2.45, 2.75) is 25.2 Å². The summed E-state index contributed by atoms with van der Waals surface area (Å²) in [4.78, 5) is 0. The molecule has 2 N–H and O–H groups in total. The summed E-state index contributed by atoms with van der Waals surface area (Å²) in [5.41, 5.74) is 7.79. The van der Waals surface area contributed by atoms with Gasteiger partial charge in [0.05, 0.1) is 11.4 Å². The van der Waals surface area contributed by atoms with E-state index in [4.69, 9.17) is 5.73 Å². The summed E-state index contributed by atoms with van der Waals surface area (Å²) in [5, 5.41) is 4.50. The molecule has 1 saturated carbocycles. The Labute approximate surface area is 99.1 Å². The van der Waals surface area contributed by atoms with Crippen molar-refractivity contribution in [1.82, 2.24) is 9.78 Å². The monoisotopic (exact) mass is 231 g/mol. The number of nitrogens with zero attached hydrogens (tertiary/aromatic N) is 2. The van der Waals surface area contributed by atoms with Crippen LogP contribution in [-0.4, -0.2) is 9.78 Å². The van der Waals surface area contributed by atoms with E-state index in [0.717, 1.165) is 11.4 Å². The number of anilines is 1. The minimum atomic E-state index is -0.251. The molecule has 0 radical (unpaired) electrons. The van der Waals surface area contributed by atoms with Crippen LogP contribution in [0.2, 0.25) is 0 Å². The van der Waals surface area contributed by atoms with Crippen LogP contribution in [0.15, 0.2) is 30.3 Å². The van der Waals surface area contributed by atoms with Crippen LogP contribution in [0.3, 0.4) is 0 Å². The van der Waals surface area contributed by atoms with E-state index in [1.807, 2.05) is 6.07 Å². The van der Waals surface area contributed by atoms with Crippen molar-refractivity contribution in [3.8, 4) is 5.69 Å². The molecule has 1 aromatic heterocycles. The number of rotatable bonds is 2. The first-order chi connectivity index (χ1) is 8.24. The van der Waals surface area contributed by atoms with E-state index in [1.165, 1.54) is 31.4 Å². The summed E-state index contributed by atoms with van der Waals surface area (Å²) in [5.74, 6) is 0.913. The van der Waals surface area contributed by atoms with Crippen LogP contribution in [-0.2, 0) is 0 Å². The Morgan fingerprint density at radius 3 is 2.53 bits per heavy atom. The summed E-state index contributed by atoms with van der Waals surface area (Å²) >= 11 is 0. The smallest absolute Gasteiger partial charge is 0.127 e. The van der Waals surface area contributed by atoms with Crippen LogP contribution in [0.4, 0.5) is 10.2 Å². The summed E-state index contributed by atoms with van der Waals surface area (Å²) in [6.07, 6.45) is 3.66. The molecule has 0 atom stereocenters. The molecule has 0 saturated heterocycles. The van der Waals surface area contributed by atoms with Gasteiger partial charge in [-0.2, -0.15) is 5.10 Å². The molecule has 1 fully saturated rings. The van der Waals surface area contributed by atoms with Gasteiger partial charge in [-0.1, -0.05) is 6.42 Å². The van der Waals surface area contributed by atoms with Gasteiger partial charge < -0.3 is 5.73 Å². The van der Waals surface area contributed by atoms with Gasteiger partial charge in [0, 0.05) is 12.0 Å². The summed E-state index contributed by atoms with van der Waals surface area (Å²) < 4.78 is 14.5. The quantitative estimate of drug-likeness (QED) is 0.863. The normalized spacial score (nSPS) is 15.8. The van der Waals surface area contributed by atoms with Crippen LogP contribution >= 0.6 is 0 Å². The molecule has 1 aliphatic carbocycles. The number of hydrogen-bond acceptors (Lipinski definition) is 2. The fraction of sp³-hybridized carbons (Fsp3) is 0.308. The van der Waals surface area contributed by atoms with Gasteiger partial charge in [0.2, 0.25) is 0 Å². The highest BCUT2D eigenvalue weighted by molar-refractivity contribution is 5.43. The van der Waals surface area contributed by atoms with Crippen LogP contribution in [0.5, 0.6) is 0 Å². The van der Waals surface area contributed by atoms with Gasteiger partial charge in [-0.25, -0.2) is 9.07 Å². The van der Waals surface area contributed by atoms with Gasteiger partial charge in [-0.15, -0.1) is 0 Å². The Hall–Kier alpha value is -1.84. The molecule has 3 nitrogen and oxygen atoms in total. The number of nitrogen functional groups attached to an aromatic ring is 1. The van der Waals surface area contributed by atoms with E-state index >= 15 is 0 Å². The Kier molecular flexibility index (Phi) is 2.35. The standard InChI is InChI=1S/C13H14FN3/c14-10-4-6-11(7-5-10)17-13(15)8-12(16-17)9-2-1-3-9/h4-9H,1-3,15H2. The maximum Gasteiger partial charge on any atom is 0.127 e. The second-order valence-electron chi connectivity index (χ2n) is 4.51. The summed E-state index contributed by atoms with van der Waals surface area (Å²) in [6, 6.07) is 8.12. The topological polar surface area (TPSA) is 43.8 Å². The molecule has 4 heteroatoms. The maximum atomic E-state index is 12.8. The number of aromatic nitrogens is 2. The fourth-order valence-electron chi connectivity index (χ4n) is 2.11. The predicted octanol–water partition coefficient (Wildman–Crippen LogP) is 2.86.